The molecule has 6 heteroatoms. The third-order valence-corrected chi connectivity index (χ3v) is 2.97. The number of nitrogens with zero attached hydrogens (tertiary/aromatic N) is 2. The number of nitrogens with two attached hydrogens (primary N) is 1. The maximum Gasteiger partial charge on any atom is 0.337 e. The fourth-order valence-corrected chi connectivity index (χ4v) is 1.98. The predicted molar refractivity (Wildman–Crippen MR) is 66.8 cm³/mol. The Morgan fingerprint density at radius 3 is 2.83 bits per heavy atom. The van der Waals surface area contributed by atoms with Crippen molar-refractivity contribution in [2.24, 2.45) is 0 Å². The Balaban J connectivity index is 1.87. The van der Waals surface area contributed by atoms with E-state index in [9.17, 15) is 4.79 Å². The number of aromatic nitrogens is 1. The highest BCUT2D eigenvalue weighted by atomic mass is 16.5. The quantitative estimate of drug-likeness (QED) is 0.806. The van der Waals surface area contributed by atoms with Crippen LogP contribution in [-0.2, 0) is 0 Å². The maximum absolute atomic E-state index is 10.7. The number of aromatic carboxylic acids is 1. The Hall–Kier alpha value is -1.82. The monoisotopic (exact) mass is 251 g/mol. The van der Waals surface area contributed by atoms with Gasteiger partial charge in [-0.3, -0.25) is 4.90 Å². The van der Waals surface area contributed by atoms with Gasteiger partial charge in [0.2, 0.25) is 5.88 Å². The van der Waals surface area contributed by atoms with E-state index >= 15 is 0 Å². The summed E-state index contributed by atoms with van der Waals surface area (Å²) in [4.78, 5) is 16.9. The Morgan fingerprint density at radius 1 is 1.50 bits per heavy atom. The molecule has 0 saturated carbocycles. The third kappa shape index (κ3) is 3.10. The van der Waals surface area contributed by atoms with Crippen LogP contribution in [0.25, 0.3) is 0 Å². The summed E-state index contributed by atoms with van der Waals surface area (Å²) in [6, 6.07) is 1.36. The summed E-state index contributed by atoms with van der Waals surface area (Å²) >= 11 is 0. The SMILES string of the molecule is Nc1cc(C(=O)O)cnc1OCCN1CCCC1. The topological polar surface area (TPSA) is 88.7 Å². The second-order valence-corrected chi connectivity index (χ2v) is 4.32. The van der Waals surface area contributed by atoms with Gasteiger partial charge >= 0.3 is 5.97 Å². The van der Waals surface area contributed by atoms with Crippen LogP contribution in [0.2, 0.25) is 0 Å². The average Bonchev–Trinajstić information content (AvgIpc) is 2.84. The van der Waals surface area contributed by atoms with E-state index in [4.69, 9.17) is 15.6 Å². The van der Waals surface area contributed by atoms with Crippen LogP contribution in [0.15, 0.2) is 12.3 Å². The molecule has 0 radical (unpaired) electrons. The average molecular weight is 251 g/mol. The highest BCUT2D eigenvalue weighted by molar-refractivity contribution is 5.88. The lowest BCUT2D eigenvalue weighted by atomic mass is 10.2. The van der Waals surface area contributed by atoms with Gasteiger partial charge in [0, 0.05) is 12.7 Å². The van der Waals surface area contributed by atoms with Gasteiger partial charge in [0.25, 0.3) is 0 Å². The molecule has 98 valence electrons. The first kappa shape index (κ1) is 12.6. The minimum Gasteiger partial charge on any atom is -0.478 e. The van der Waals surface area contributed by atoms with E-state index in [1.807, 2.05) is 0 Å². The molecule has 0 unspecified atom stereocenters. The van der Waals surface area contributed by atoms with Gasteiger partial charge in [-0.05, 0) is 32.0 Å². The first-order chi connectivity index (χ1) is 8.66. The number of ether oxygens (including phenoxy) is 1. The molecule has 1 fully saturated rings. The smallest absolute Gasteiger partial charge is 0.337 e. The molecule has 0 aromatic carbocycles. The minimum absolute atomic E-state index is 0.0689. The van der Waals surface area contributed by atoms with E-state index in [2.05, 4.69) is 9.88 Å². The lowest BCUT2D eigenvalue weighted by Crippen LogP contribution is -2.25. The molecule has 0 spiro atoms. The Kier molecular flexibility index (Phi) is 3.99. The summed E-state index contributed by atoms with van der Waals surface area (Å²) in [6.45, 7) is 3.60. The van der Waals surface area contributed by atoms with Gasteiger partial charge < -0.3 is 15.6 Å². The van der Waals surface area contributed by atoms with Gasteiger partial charge in [0.05, 0.1) is 11.3 Å². The molecule has 0 atom stereocenters. The molecule has 3 N–H and O–H groups in total. The molecule has 2 heterocycles. The van der Waals surface area contributed by atoms with Crippen LogP contribution in [0.1, 0.15) is 23.2 Å². The molecule has 2 rings (SSSR count). The Labute approximate surface area is 105 Å². The third-order valence-electron chi connectivity index (χ3n) is 2.97. The minimum atomic E-state index is -1.04. The highest BCUT2D eigenvalue weighted by Gasteiger charge is 2.12. The molecule has 1 aliphatic heterocycles. The lowest BCUT2D eigenvalue weighted by Gasteiger charge is -2.15. The van der Waals surface area contributed by atoms with Crippen molar-refractivity contribution in [2.75, 3.05) is 32.0 Å². The molecule has 18 heavy (non-hydrogen) atoms. The fourth-order valence-electron chi connectivity index (χ4n) is 1.98. The first-order valence-electron chi connectivity index (χ1n) is 6.01. The first-order valence-corrected chi connectivity index (χ1v) is 6.01. The largest absolute Gasteiger partial charge is 0.478 e. The summed E-state index contributed by atoms with van der Waals surface area (Å²) in [6.07, 6.45) is 3.74. The van der Waals surface area contributed by atoms with Gasteiger partial charge in [-0.15, -0.1) is 0 Å². The molecule has 1 aromatic heterocycles. The molecule has 6 nitrogen and oxygen atoms in total. The van der Waals surface area contributed by atoms with Crippen molar-refractivity contribution in [2.45, 2.75) is 12.8 Å². The zero-order valence-electron chi connectivity index (χ0n) is 10.1. The second-order valence-electron chi connectivity index (χ2n) is 4.32. The number of pyridine rings is 1. The molecule has 1 aliphatic rings. The van der Waals surface area contributed by atoms with Crippen molar-refractivity contribution < 1.29 is 14.6 Å². The lowest BCUT2D eigenvalue weighted by molar-refractivity contribution is 0.0696. The van der Waals surface area contributed by atoms with Crippen molar-refractivity contribution in [3.63, 3.8) is 0 Å². The number of rotatable bonds is 5. The van der Waals surface area contributed by atoms with Gasteiger partial charge in [-0.2, -0.15) is 0 Å². The van der Waals surface area contributed by atoms with Crippen LogP contribution >= 0.6 is 0 Å². The van der Waals surface area contributed by atoms with E-state index in [1.54, 1.807) is 0 Å². The number of nitrogen functional groups attached to an aromatic ring is 1. The normalized spacial score (nSPS) is 15.8. The number of anilines is 1. The Morgan fingerprint density at radius 2 is 2.22 bits per heavy atom. The van der Waals surface area contributed by atoms with Crippen molar-refractivity contribution in [1.29, 1.82) is 0 Å². The van der Waals surface area contributed by atoms with Crippen LogP contribution in [-0.4, -0.2) is 47.2 Å². The summed E-state index contributed by atoms with van der Waals surface area (Å²) < 4.78 is 5.46. The van der Waals surface area contributed by atoms with E-state index in [0.717, 1.165) is 19.6 Å². The zero-order chi connectivity index (χ0) is 13.0. The summed E-state index contributed by atoms with van der Waals surface area (Å²) in [5.41, 5.74) is 6.02. The molecule has 0 bridgehead atoms. The summed E-state index contributed by atoms with van der Waals surface area (Å²) in [5.74, 6) is -0.739. The summed E-state index contributed by atoms with van der Waals surface area (Å²) in [7, 11) is 0. The number of hydrogen-bond donors (Lipinski definition) is 2. The van der Waals surface area contributed by atoms with Gasteiger partial charge in [-0.25, -0.2) is 9.78 Å². The second kappa shape index (κ2) is 5.68. The van der Waals surface area contributed by atoms with Crippen LogP contribution in [0.4, 0.5) is 5.69 Å². The van der Waals surface area contributed by atoms with Crippen molar-refractivity contribution in [1.82, 2.24) is 9.88 Å². The number of carboxylic acid groups (broad SMARTS) is 1. The molecule has 1 aromatic rings. The Bertz CT molecular complexity index is 431. The van der Waals surface area contributed by atoms with E-state index in [-0.39, 0.29) is 11.3 Å². The van der Waals surface area contributed by atoms with Crippen LogP contribution in [0.3, 0.4) is 0 Å². The van der Waals surface area contributed by atoms with Gasteiger partial charge in [0.1, 0.15) is 6.61 Å². The predicted octanol–water partition coefficient (Wildman–Crippen LogP) is 0.837. The molecule has 0 amide bonds. The van der Waals surface area contributed by atoms with Crippen LogP contribution in [0.5, 0.6) is 5.88 Å². The number of likely N-dealkylation sites (tertiary alicyclic amines) is 1. The number of carbonyl (C=O) groups is 1. The molecular formula is C12H17N3O3. The van der Waals surface area contributed by atoms with E-state index in [1.165, 1.54) is 25.1 Å². The van der Waals surface area contributed by atoms with Crippen molar-refractivity contribution >= 4 is 11.7 Å². The molecule has 1 saturated heterocycles. The number of hydrogen-bond acceptors (Lipinski definition) is 5. The molecule has 0 aliphatic carbocycles. The van der Waals surface area contributed by atoms with Crippen molar-refractivity contribution in [3.05, 3.63) is 17.8 Å². The van der Waals surface area contributed by atoms with Crippen LogP contribution < -0.4 is 10.5 Å². The fraction of sp³-hybridized carbons (Fsp3) is 0.500. The molecular weight excluding hydrogens is 234 g/mol. The maximum atomic E-state index is 10.7. The van der Waals surface area contributed by atoms with Gasteiger partial charge in [0.15, 0.2) is 0 Å². The van der Waals surface area contributed by atoms with Gasteiger partial charge in [-0.1, -0.05) is 0 Å². The van der Waals surface area contributed by atoms with E-state index < -0.39 is 5.97 Å². The standard InChI is InChI=1S/C12H17N3O3/c13-10-7-9(12(16)17)8-14-11(10)18-6-5-15-3-1-2-4-15/h7-8H,1-6,13H2,(H,16,17). The number of carboxylic acids is 1. The summed E-state index contributed by atoms with van der Waals surface area (Å²) in [5, 5.41) is 8.78. The zero-order valence-corrected chi connectivity index (χ0v) is 10.1. The van der Waals surface area contributed by atoms with Crippen molar-refractivity contribution in [3.8, 4) is 5.88 Å². The van der Waals surface area contributed by atoms with Crippen LogP contribution in [0, 0.1) is 0 Å². The van der Waals surface area contributed by atoms with E-state index in [0.29, 0.717) is 12.5 Å². The highest BCUT2D eigenvalue weighted by Crippen LogP contribution is 2.19.